The van der Waals surface area contributed by atoms with Gasteiger partial charge in [-0.15, -0.1) is 0 Å². The van der Waals surface area contributed by atoms with E-state index >= 15 is 0 Å². The summed E-state index contributed by atoms with van der Waals surface area (Å²) in [4.78, 5) is 11.4. The van der Waals surface area contributed by atoms with Gasteiger partial charge in [0.2, 0.25) is 10.0 Å². The topological polar surface area (TPSA) is 81.7 Å². The number of hydrogen-bond acceptors (Lipinski definition) is 5. The molecule has 7 heteroatoms. The molecule has 0 aliphatic rings. The molecule has 0 atom stereocenters. The largest absolute Gasteiger partial charge is 0.492 e. The SMILES string of the molecule is COC(=O)c1ccc(CS(=O)(=O)NCCOc2ccc3ccccc3c2)cc1. The molecule has 3 aromatic rings. The van der Waals surface area contributed by atoms with Crippen LogP contribution in [0.5, 0.6) is 5.75 Å². The zero-order valence-corrected chi connectivity index (χ0v) is 16.2. The lowest BCUT2D eigenvalue weighted by Gasteiger charge is -2.09. The highest BCUT2D eigenvalue weighted by Gasteiger charge is 2.12. The van der Waals surface area contributed by atoms with Gasteiger partial charge in [-0.2, -0.15) is 0 Å². The van der Waals surface area contributed by atoms with Crippen molar-refractivity contribution in [3.63, 3.8) is 0 Å². The quantitative estimate of drug-likeness (QED) is 0.465. The molecule has 0 fully saturated rings. The minimum Gasteiger partial charge on any atom is -0.492 e. The van der Waals surface area contributed by atoms with Crippen LogP contribution in [0.2, 0.25) is 0 Å². The summed E-state index contributed by atoms with van der Waals surface area (Å²) in [5.74, 6) is 0.0550. The first-order chi connectivity index (χ1) is 13.5. The highest BCUT2D eigenvalue weighted by Crippen LogP contribution is 2.20. The molecule has 3 rings (SSSR count). The first-order valence-corrected chi connectivity index (χ1v) is 10.4. The Morgan fingerprint density at radius 3 is 2.39 bits per heavy atom. The molecule has 0 aliphatic heterocycles. The average molecular weight is 399 g/mol. The van der Waals surface area contributed by atoms with Crippen molar-refractivity contribution in [2.45, 2.75) is 5.75 Å². The number of methoxy groups -OCH3 is 1. The number of benzene rings is 3. The second-order valence-electron chi connectivity index (χ2n) is 6.20. The average Bonchev–Trinajstić information content (AvgIpc) is 2.71. The van der Waals surface area contributed by atoms with Crippen LogP contribution >= 0.6 is 0 Å². The van der Waals surface area contributed by atoms with Gasteiger partial charge < -0.3 is 9.47 Å². The van der Waals surface area contributed by atoms with Gasteiger partial charge in [-0.1, -0.05) is 42.5 Å². The third-order valence-electron chi connectivity index (χ3n) is 4.15. The third-order valence-corrected chi connectivity index (χ3v) is 5.50. The Hall–Kier alpha value is -2.90. The lowest BCUT2D eigenvalue weighted by atomic mass is 10.1. The van der Waals surface area contributed by atoms with E-state index in [1.165, 1.54) is 7.11 Å². The monoisotopic (exact) mass is 399 g/mol. The molecule has 1 N–H and O–H groups in total. The first kappa shape index (κ1) is 19.9. The van der Waals surface area contributed by atoms with Gasteiger partial charge in [0.15, 0.2) is 0 Å². The molecule has 0 unspecified atom stereocenters. The van der Waals surface area contributed by atoms with Gasteiger partial charge in [0, 0.05) is 6.54 Å². The van der Waals surface area contributed by atoms with E-state index in [0.29, 0.717) is 16.9 Å². The normalized spacial score (nSPS) is 11.3. The van der Waals surface area contributed by atoms with Crippen LogP contribution in [-0.2, 0) is 20.5 Å². The van der Waals surface area contributed by atoms with Gasteiger partial charge in [-0.05, 0) is 40.6 Å². The van der Waals surface area contributed by atoms with E-state index in [-0.39, 0.29) is 18.9 Å². The van der Waals surface area contributed by atoms with Crippen molar-refractivity contribution in [2.24, 2.45) is 0 Å². The maximum absolute atomic E-state index is 12.2. The van der Waals surface area contributed by atoms with Crippen molar-refractivity contribution in [3.8, 4) is 5.75 Å². The Morgan fingerprint density at radius 2 is 1.68 bits per heavy atom. The second-order valence-corrected chi connectivity index (χ2v) is 8.01. The molecule has 0 aromatic heterocycles. The van der Waals surface area contributed by atoms with Crippen LogP contribution in [0.4, 0.5) is 0 Å². The van der Waals surface area contributed by atoms with Gasteiger partial charge in [-0.25, -0.2) is 17.9 Å². The molecule has 6 nitrogen and oxygen atoms in total. The predicted octanol–water partition coefficient (Wildman–Crippen LogP) is 3.12. The van der Waals surface area contributed by atoms with E-state index in [9.17, 15) is 13.2 Å². The van der Waals surface area contributed by atoms with E-state index in [1.807, 2.05) is 42.5 Å². The van der Waals surface area contributed by atoms with Crippen molar-refractivity contribution in [1.29, 1.82) is 0 Å². The Labute approximate surface area is 164 Å². The molecule has 0 radical (unpaired) electrons. The number of ether oxygens (including phenoxy) is 2. The number of fused-ring (bicyclic) bond motifs is 1. The van der Waals surface area contributed by atoms with Crippen LogP contribution in [0.25, 0.3) is 10.8 Å². The summed E-state index contributed by atoms with van der Waals surface area (Å²) in [5, 5.41) is 2.18. The van der Waals surface area contributed by atoms with Crippen LogP contribution in [0.1, 0.15) is 15.9 Å². The summed E-state index contributed by atoms with van der Waals surface area (Å²) in [6.07, 6.45) is 0. The van der Waals surface area contributed by atoms with Crippen LogP contribution in [-0.4, -0.2) is 34.6 Å². The molecule has 0 saturated heterocycles. The maximum atomic E-state index is 12.2. The third kappa shape index (κ3) is 5.31. The summed E-state index contributed by atoms with van der Waals surface area (Å²) in [5.41, 5.74) is 0.955. The number of sulfonamides is 1. The number of carbonyl (C=O) groups excluding carboxylic acids is 1. The molecule has 0 saturated carbocycles. The highest BCUT2D eigenvalue weighted by molar-refractivity contribution is 7.88. The van der Waals surface area contributed by atoms with Crippen molar-refractivity contribution >= 4 is 26.8 Å². The molecule has 0 amide bonds. The lowest BCUT2D eigenvalue weighted by Crippen LogP contribution is -2.29. The predicted molar refractivity (Wildman–Crippen MR) is 108 cm³/mol. The van der Waals surface area contributed by atoms with Gasteiger partial charge >= 0.3 is 5.97 Å². The fraction of sp³-hybridized carbons (Fsp3) is 0.190. The number of hydrogen-bond donors (Lipinski definition) is 1. The molecule has 0 spiro atoms. The number of rotatable bonds is 8. The zero-order valence-electron chi connectivity index (χ0n) is 15.4. The first-order valence-electron chi connectivity index (χ1n) is 8.73. The number of carbonyl (C=O) groups is 1. The highest BCUT2D eigenvalue weighted by atomic mass is 32.2. The van der Waals surface area contributed by atoms with Gasteiger partial charge in [0.25, 0.3) is 0 Å². The van der Waals surface area contributed by atoms with Crippen LogP contribution in [0.15, 0.2) is 66.7 Å². The Bertz CT molecular complexity index is 1060. The number of nitrogens with one attached hydrogen (secondary N) is 1. The van der Waals surface area contributed by atoms with Crippen molar-refractivity contribution in [1.82, 2.24) is 4.72 Å². The Balaban J connectivity index is 1.49. The van der Waals surface area contributed by atoms with Crippen molar-refractivity contribution in [2.75, 3.05) is 20.3 Å². The van der Waals surface area contributed by atoms with E-state index in [4.69, 9.17) is 4.74 Å². The summed E-state index contributed by atoms with van der Waals surface area (Å²) < 4.78 is 37.2. The summed E-state index contributed by atoms with van der Waals surface area (Å²) >= 11 is 0. The zero-order chi connectivity index (χ0) is 20.0. The number of esters is 1. The fourth-order valence-electron chi connectivity index (χ4n) is 2.75. The molecule has 0 heterocycles. The minimum absolute atomic E-state index is 0.162. The molecule has 3 aromatic carbocycles. The van der Waals surface area contributed by atoms with Crippen LogP contribution in [0, 0.1) is 0 Å². The van der Waals surface area contributed by atoms with E-state index in [2.05, 4.69) is 9.46 Å². The van der Waals surface area contributed by atoms with E-state index in [1.54, 1.807) is 24.3 Å². The Kier molecular flexibility index (Phi) is 6.28. The van der Waals surface area contributed by atoms with Gasteiger partial charge in [0.05, 0.1) is 18.4 Å². The van der Waals surface area contributed by atoms with Crippen molar-refractivity contribution in [3.05, 3.63) is 77.9 Å². The lowest BCUT2D eigenvalue weighted by molar-refractivity contribution is 0.0600. The van der Waals surface area contributed by atoms with Crippen LogP contribution < -0.4 is 9.46 Å². The van der Waals surface area contributed by atoms with Crippen molar-refractivity contribution < 1.29 is 22.7 Å². The van der Waals surface area contributed by atoms with E-state index < -0.39 is 16.0 Å². The standard InChI is InChI=1S/C21H21NO5S/c1-26-21(23)18-8-6-16(7-9-18)15-28(24,25)22-12-13-27-20-11-10-17-4-2-3-5-19(17)14-20/h2-11,14,22H,12-13,15H2,1H3. The maximum Gasteiger partial charge on any atom is 0.337 e. The molecule has 28 heavy (non-hydrogen) atoms. The van der Waals surface area contributed by atoms with Gasteiger partial charge in [-0.3, -0.25) is 0 Å². The smallest absolute Gasteiger partial charge is 0.337 e. The molecular formula is C21H21NO5S. The van der Waals surface area contributed by atoms with E-state index in [0.717, 1.165) is 10.8 Å². The Morgan fingerprint density at radius 1 is 0.964 bits per heavy atom. The summed E-state index contributed by atoms with van der Waals surface area (Å²) in [6, 6.07) is 20.0. The second kappa shape index (κ2) is 8.86. The van der Waals surface area contributed by atoms with Gasteiger partial charge in [0.1, 0.15) is 12.4 Å². The van der Waals surface area contributed by atoms with Crippen LogP contribution in [0.3, 0.4) is 0 Å². The molecule has 0 aliphatic carbocycles. The molecule has 146 valence electrons. The minimum atomic E-state index is -3.51. The summed E-state index contributed by atoms with van der Waals surface area (Å²) in [6.45, 7) is 0.383. The molecule has 0 bridgehead atoms. The summed E-state index contributed by atoms with van der Waals surface area (Å²) in [7, 11) is -2.21. The molecular weight excluding hydrogens is 378 g/mol. The fourth-order valence-corrected chi connectivity index (χ4v) is 3.88.